The van der Waals surface area contributed by atoms with Crippen LogP contribution in [0.2, 0.25) is 0 Å². The summed E-state index contributed by atoms with van der Waals surface area (Å²) in [6, 6.07) is 0. The van der Waals surface area contributed by atoms with Crippen LogP contribution < -0.4 is 0 Å². The molecule has 4 aliphatic carbocycles. The number of hydrogen-bond acceptors (Lipinski definition) is 27. The van der Waals surface area contributed by atoms with E-state index in [0.29, 0.717) is 63.4 Å². The first-order chi connectivity index (χ1) is 37.1. The van der Waals surface area contributed by atoms with Crippen molar-refractivity contribution in [3.05, 3.63) is 12.2 Å². The van der Waals surface area contributed by atoms with Gasteiger partial charge < -0.3 is 119 Å². The molecular weight excluding hydrogens is 1060 g/mol. The van der Waals surface area contributed by atoms with Crippen molar-refractivity contribution in [1.29, 1.82) is 0 Å². The van der Waals surface area contributed by atoms with Crippen LogP contribution in [0, 0.1) is 28.1 Å². The van der Waals surface area contributed by atoms with Crippen LogP contribution in [0.1, 0.15) is 84.5 Å². The zero-order valence-electron chi connectivity index (χ0n) is 43.4. The second-order valence-corrected chi connectivity index (χ2v) is 22.9. The lowest BCUT2D eigenvalue weighted by molar-refractivity contribution is -0.378. The third-order valence-corrected chi connectivity index (χ3v) is 18.1. The SMILES string of the molecule is C=C1C[C@@]23CC[C@H]4[C@@](C)(CCC[C@@]4(C)C(=O)O[C@@H]4O[C@H](CO)[C@@H](O)[C@H](O)[C@H]4O[C@@H]4O[C@H](COC(=O)CC(=O)O)[C@@H](O)[C@H](O)[C@H]4O)[C@@H]2CC[C@@]1(O[C@@H]1O[C@H](CO)[C@@H](O)[C@H](O)[C@H]1O[C@@H]1O[C@H](COC(=O)CC(=O)O)[C@@H](O)[C@H](O)[C@H]1O)C3. The second kappa shape index (κ2) is 23.9. The molecule has 29 nitrogen and oxygen atoms in total. The average molecular weight is 1140 g/mol. The van der Waals surface area contributed by atoms with Crippen LogP contribution in [0.4, 0.5) is 0 Å². The van der Waals surface area contributed by atoms with Gasteiger partial charge in [0.1, 0.15) is 118 Å². The summed E-state index contributed by atoms with van der Waals surface area (Å²) in [6.07, 6.45) is -34.2. The number of esters is 3. The van der Waals surface area contributed by atoms with E-state index in [1.54, 1.807) is 6.92 Å². The third kappa shape index (κ3) is 11.7. The van der Waals surface area contributed by atoms with E-state index in [0.717, 1.165) is 0 Å². The molecule has 0 unspecified atom stereocenters. The van der Waals surface area contributed by atoms with Gasteiger partial charge in [0, 0.05) is 0 Å². The molecule has 29 heteroatoms. The average Bonchev–Trinajstić information content (AvgIpc) is 3.74. The summed E-state index contributed by atoms with van der Waals surface area (Å²) in [5.74, 6) is -6.62. The molecule has 4 aliphatic heterocycles. The fraction of sp³-hybridized carbons (Fsp3) is 0.860. The molecule has 8 aliphatic rings. The standard InChI is InChI=1S/C50H74O29/c1-19-13-49-9-5-24-47(2,7-4-8-48(24,3)46(69)78-44-40(36(65)30(59)20(14-51)72-44)76-42-38(67)34(63)32(61)22(74-42)16-70-28(57)11-26(53)54)25(49)6-10-50(19,18-49)79-45-41(37(66)31(60)21(15-52)73-45)77-43-39(68)35(64)33(62)23(75-43)17-71-29(58)12-27(55)56/h20-25,30-45,51-52,59-68H,1,4-18H2,2-3H3,(H,53,54)(H,55,56)/t20-,21-,22-,23-,24+,25+,30-,31-,32-,33-,34+,35+,36+,37+,38-,39-,40-,41-,42+,43+,44+,45+,47-,48-,49-,50-/m1/s1. The zero-order chi connectivity index (χ0) is 57.8. The Balaban J connectivity index is 0.981. The molecule has 8 rings (SSSR count). The van der Waals surface area contributed by atoms with Crippen LogP contribution >= 0.6 is 0 Å². The minimum atomic E-state index is -2.05. The summed E-state index contributed by atoms with van der Waals surface area (Å²) in [5.41, 5.74) is -2.78. The Morgan fingerprint density at radius 3 is 1.51 bits per heavy atom. The molecule has 448 valence electrons. The lowest BCUT2D eigenvalue weighted by atomic mass is 9.41. The fourth-order valence-electron chi connectivity index (χ4n) is 14.2. The monoisotopic (exact) mass is 1140 g/mol. The number of hydrogen-bond donors (Lipinski definition) is 14. The van der Waals surface area contributed by atoms with Crippen molar-refractivity contribution in [2.45, 2.75) is 213 Å². The molecule has 0 aromatic rings. The van der Waals surface area contributed by atoms with E-state index in [1.807, 2.05) is 0 Å². The van der Waals surface area contributed by atoms with Crippen molar-refractivity contribution in [2.24, 2.45) is 28.1 Å². The number of carbonyl (C=O) groups is 5. The first-order valence-corrected chi connectivity index (χ1v) is 26.4. The largest absolute Gasteiger partial charge is 0.481 e. The third-order valence-electron chi connectivity index (χ3n) is 18.1. The summed E-state index contributed by atoms with van der Waals surface area (Å²) in [4.78, 5) is 60.8. The van der Waals surface area contributed by atoms with Gasteiger partial charge in [0.25, 0.3) is 0 Å². The molecule has 0 aromatic carbocycles. The van der Waals surface area contributed by atoms with Crippen molar-refractivity contribution >= 4 is 29.8 Å². The molecule has 4 saturated carbocycles. The minimum Gasteiger partial charge on any atom is -0.481 e. The molecule has 4 heterocycles. The zero-order valence-corrected chi connectivity index (χ0v) is 43.4. The van der Waals surface area contributed by atoms with Gasteiger partial charge in [-0.3, -0.25) is 24.0 Å². The smallest absolute Gasteiger partial charge is 0.317 e. The number of carbonyl (C=O) groups excluding carboxylic acids is 3. The summed E-state index contributed by atoms with van der Waals surface area (Å²) in [5, 5.41) is 148. The lowest BCUT2D eigenvalue weighted by Gasteiger charge is -2.64. The molecule has 26 atom stereocenters. The van der Waals surface area contributed by atoms with E-state index in [4.69, 9.17) is 57.6 Å². The number of ether oxygens (including phenoxy) is 10. The summed E-state index contributed by atoms with van der Waals surface area (Å²) in [6.45, 7) is 5.11. The second-order valence-electron chi connectivity index (χ2n) is 22.9. The normalized spacial score (nSPS) is 47.7. The van der Waals surface area contributed by atoms with Gasteiger partial charge in [-0.1, -0.05) is 19.9 Å². The quantitative estimate of drug-likeness (QED) is 0.0201. The summed E-state index contributed by atoms with van der Waals surface area (Å²) < 4.78 is 57.8. The van der Waals surface area contributed by atoms with E-state index < -0.39 is 214 Å². The van der Waals surface area contributed by atoms with Gasteiger partial charge in [-0.25, -0.2) is 0 Å². The maximum Gasteiger partial charge on any atom is 0.317 e. The van der Waals surface area contributed by atoms with Gasteiger partial charge in [0.05, 0.1) is 24.2 Å². The first-order valence-electron chi connectivity index (χ1n) is 26.4. The predicted octanol–water partition coefficient (Wildman–Crippen LogP) is -5.06. The van der Waals surface area contributed by atoms with Crippen molar-refractivity contribution in [3.8, 4) is 0 Å². The number of aliphatic carboxylic acids is 2. The Kier molecular flexibility index (Phi) is 18.6. The summed E-state index contributed by atoms with van der Waals surface area (Å²) in [7, 11) is 0. The molecule has 2 bridgehead atoms. The Labute approximate surface area is 451 Å². The topological polar surface area (TPSA) is 461 Å². The van der Waals surface area contributed by atoms with E-state index >= 15 is 0 Å². The minimum absolute atomic E-state index is 0.0693. The predicted molar refractivity (Wildman–Crippen MR) is 251 cm³/mol. The van der Waals surface area contributed by atoms with Crippen LogP contribution in [0.5, 0.6) is 0 Å². The molecule has 0 aromatic heterocycles. The number of rotatable bonds is 18. The van der Waals surface area contributed by atoms with Crippen molar-refractivity contribution in [3.63, 3.8) is 0 Å². The molecule has 14 N–H and O–H groups in total. The number of aliphatic hydroxyl groups is 12. The molecule has 0 amide bonds. The van der Waals surface area contributed by atoms with Crippen LogP contribution in [0.15, 0.2) is 12.2 Å². The Morgan fingerprint density at radius 1 is 0.557 bits per heavy atom. The highest BCUT2D eigenvalue weighted by Crippen LogP contribution is 2.74. The highest BCUT2D eigenvalue weighted by Gasteiger charge is 2.70. The molecule has 4 saturated heterocycles. The van der Waals surface area contributed by atoms with Gasteiger partial charge in [-0.15, -0.1) is 0 Å². The van der Waals surface area contributed by atoms with E-state index in [9.17, 15) is 85.3 Å². The highest BCUT2D eigenvalue weighted by molar-refractivity contribution is 5.90. The number of aliphatic hydroxyl groups excluding tert-OH is 12. The van der Waals surface area contributed by atoms with Gasteiger partial charge in [0.2, 0.25) is 6.29 Å². The van der Waals surface area contributed by atoms with Gasteiger partial charge in [-0.05, 0) is 86.5 Å². The van der Waals surface area contributed by atoms with E-state index in [2.05, 4.69) is 13.5 Å². The Morgan fingerprint density at radius 2 is 1.01 bits per heavy atom. The first kappa shape index (κ1) is 61.4. The molecule has 1 spiro atoms. The van der Waals surface area contributed by atoms with Gasteiger partial charge >= 0.3 is 29.8 Å². The number of fused-ring (bicyclic) bond motifs is 3. The van der Waals surface area contributed by atoms with E-state index in [-0.39, 0.29) is 11.8 Å². The van der Waals surface area contributed by atoms with Gasteiger partial charge in [0.15, 0.2) is 25.0 Å². The van der Waals surface area contributed by atoms with Crippen LogP contribution in [0.25, 0.3) is 0 Å². The summed E-state index contributed by atoms with van der Waals surface area (Å²) >= 11 is 0. The van der Waals surface area contributed by atoms with Crippen molar-refractivity contribution in [1.82, 2.24) is 0 Å². The van der Waals surface area contributed by atoms with E-state index in [1.165, 1.54) is 0 Å². The fourth-order valence-corrected chi connectivity index (χ4v) is 14.2. The molecular formula is C50H74O29. The van der Waals surface area contributed by atoms with Crippen molar-refractivity contribution in [2.75, 3.05) is 26.4 Å². The molecule has 79 heavy (non-hydrogen) atoms. The molecule has 8 fully saturated rings. The number of carboxylic acid groups (broad SMARTS) is 2. The maximum absolute atomic E-state index is 14.9. The Bertz CT molecular complexity index is 2240. The maximum atomic E-state index is 14.9. The Hall–Kier alpha value is -3.67. The van der Waals surface area contributed by atoms with Gasteiger partial charge in [-0.2, -0.15) is 0 Å². The lowest BCUT2D eigenvalue weighted by Crippen LogP contribution is -2.66. The van der Waals surface area contributed by atoms with Crippen LogP contribution in [0.3, 0.4) is 0 Å². The number of carboxylic acids is 2. The molecule has 0 radical (unpaired) electrons. The van der Waals surface area contributed by atoms with Crippen LogP contribution in [-0.2, 0) is 71.3 Å². The highest BCUT2D eigenvalue weighted by atomic mass is 16.8. The van der Waals surface area contributed by atoms with Crippen molar-refractivity contribution < 1.29 is 143 Å². The van der Waals surface area contributed by atoms with Crippen LogP contribution in [-0.4, -0.2) is 256 Å².